The second kappa shape index (κ2) is 4.53. The van der Waals surface area contributed by atoms with Gasteiger partial charge in [-0.3, -0.25) is 4.79 Å². The number of hydrogen-bond donors (Lipinski definition) is 0. The summed E-state index contributed by atoms with van der Waals surface area (Å²) in [5, 5.41) is 0.996. The van der Waals surface area contributed by atoms with Gasteiger partial charge in [-0.05, 0) is 26.0 Å². The zero-order chi connectivity index (χ0) is 12.4. The summed E-state index contributed by atoms with van der Waals surface area (Å²) in [6.07, 6.45) is 0.869. The highest BCUT2D eigenvalue weighted by Crippen LogP contribution is 2.22. The molecule has 2 aromatic rings. The summed E-state index contributed by atoms with van der Waals surface area (Å²) < 4.78 is 0. The predicted octanol–water partition coefficient (Wildman–Crippen LogP) is 2.89. The van der Waals surface area contributed by atoms with E-state index >= 15 is 0 Å². The second-order valence-corrected chi connectivity index (χ2v) is 4.42. The number of nitrogens with zero attached hydrogens (tertiary/aromatic N) is 2. The van der Waals surface area contributed by atoms with E-state index in [1.807, 2.05) is 42.3 Å². The molecule has 88 valence electrons. The van der Waals surface area contributed by atoms with Gasteiger partial charge in [0, 0.05) is 18.5 Å². The highest BCUT2D eigenvalue weighted by atomic mass is 16.1. The monoisotopic (exact) mass is 228 g/mol. The minimum atomic E-state index is 0.308. The second-order valence-electron chi connectivity index (χ2n) is 4.42. The Morgan fingerprint density at radius 1 is 1.29 bits per heavy atom. The van der Waals surface area contributed by atoms with E-state index in [1.165, 1.54) is 0 Å². The molecule has 0 saturated heterocycles. The number of para-hydroxylation sites is 1. The summed E-state index contributed by atoms with van der Waals surface area (Å²) in [6, 6.07) is 10.0. The molecular formula is C14H16N2O. The van der Waals surface area contributed by atoms with Crippen LogP contribution in [0.1, 0.15) is 24.2 Å². The van der Waals surface area contributed by atoms with Crippen LogP contribution in [0, 0.1) is 0 Å². The van der Waals surface area contributed by atoms with Crippen molar-refractivity contribution in [3.63, 3.8) is 0 Å². The quantitative estimate of drug-likeness (QED) is 0.757. The fourth-order valence-electron chi connectivity index (χ4n) is 1.74. The molecular weight excluding hydrogens is 212 g/mol. The van der Waals surface area contributed by atoms with Gasteiger partial charge in [0.25, 0.3) is 0 Å². The summed E-state index contributed by atoms with van der Waals surface area (Å²) in [5.41, 5.74) is 1.56. The van der Waals surface area contributed by atoms with Gasteiger partial charge in [-0.2, -0.15) is 0 Å². The van der Waals surface area contributed by atoms with E-state index in [0.717, 1.165) is 23.0 Å². The third-order valence-corrected chi connectivity index (χ3v) is 2.97. The topological polar surface area (TPSA) is 33.2 Å². The molecule has 0 fully saturated rings. The first-order valence-corrected chi connectivity index (χ1v) is 5.71. The van der Waals surface area contributed by atoms with E-state index in [0.29, 0.717) is 11.6 Å². The maximum atomic E-state index is 11.1. The standard InChI is InChI=1S/C14H16N2O/c1-10(2)16(3)14-12(9-17)8-11-6-4-5-7-13(11)15-14/h4-10H,1-3H3. The van der Waals surface area contributed by atoms with Gasteiger partial charge in [0.05, 0.1) is 11.1 Å². The molecule has 0 bridgehead atoms. The fraction of sp³-hybridized carbons (Fsp3) is 0.286. The number of pyridine rings is 1. The van der Waals surface area contributed by atoms with Gasteiger partial charge in [-0.25, -0.2) is 4.98 Å². The number of aromatic nitrogens is 1. The summed E-state index contributed by atoms with van der Waals surface area (Å²) in [6.45, 7) is 4.15. The van der Waals surface area contributed by atoms with Crippen molar-refractivity contribution in [1.82, 2.24) is 4.98 Å². The van der Waals surface area contributed by atoms with E-state index in [9.17, 15) is 4.79 Å². The van der Waals surface area contributed by atoms with Crippen LogP contribution in [-0.4, -0.2) is 24.4 Å². The molecule has 0 unspecified atom stereocenters. The van der Waals surface area contributed by atoms with Crippen LogP contribution in [0.25, 0.3) is 10.9 Å². The lowest BCUT2D eigenvalue weighted by atomic mass is 10.1. The van der Waals surface area contributed by atoms with Gasteiger partial charge in [0.1, 0.15) is 5.82 Å². The van der Waals surface area contributed by atoms with E-state index in [4.69, 9.17) is 0 Å². The smallest absolute Gasteiger partial charge is 0.153 e. The Morgan fingerprint density at radius 2 is 2.00 bits per heavy atom. The molecule has 0 saturated carbocycles. The normalized spacial score (nSPS) is 10.8. The summed E-state index contributed by atoms with van der Waals surface area (Å²) in [5.74, 6) is 0.744. The van der Waals surface area contributed by atoms with Crippen LogP contribution in [0.3, 0.4) is 0 Å². The van der Waals surface area contributed by atoms with Crippen LogP contribution in [0.4, 0.5) is 5.82 Å². The highest BCUT2D eigenvalue weighted by molar-refractivity contribution is 5.91. The first kappa shape index (κ1) is 11.6. The lowest BCUT2D eigenvalue weighted by Gasteiger charge is -2.24. The Labute approximate surface area is 101 Å². The Morgan fingerprint density at radius 3 is 2.65 bits per heavy atom. The first-order valence-electron chi connectivity index (χ1n) is 5.71. The third-order valence-electron chi connectivity index (χ3n) is 2.97. The number of benzene rings is 1. The van der Waals surface area contributed by atoms with Crippen molar-refractivity contribution in [3.8, 4) is 0 Å². The number of rotatable bonds is 3. The van der Waals surface area contributed by atoms with Gasteiger partial charge in [-0.15, -0.1) is 0 Å². The van der Waals surface area contributed by atoms with E-state index in [2.05, 4.69) is 18.8 Å². The molecule has 0 N–H and O–H groups in total. The predicted molar refractivity (Wildman–Crippen MR) is 70.7 cm³/mol. The highest BCUT2D eigenvalue weighted by Gasteiger charge is 2.12. The fourth-order valence-corrected chi connectivity index (χ4v) is 1.74. The Balaban J connectivity index is 2.64. The molecule has 2 rings (SSSR count). The van der Waals surface area contributed by atoms with Crippen LogP contribution >= 0.6 is 0 Å². The molecule has 0 spiro atoms. The van der Waals surface area contributed by atoms with Crippen molar-refractivity contribution in [2.45, 2.75) is 19.9 Å². The van der Waals surface area contributed by atoms with E-state index in [-0.39, 0.29) is 0 Å². The zero-order valence-corrected chi connectivity index (χ0v) is 10.3. The molecule has 0 atom stereocenters. The molecule has 1 heterocycles. The van der Waals surface area contributed by atoms with Crippen molar-refractivity contribution < 1.29 is 4.79 Å². The van der Waals surface area contributed by atoms with Crippen LogP contribution in [-0.2, 0) is 0 Å². The minimum Gasteiger partial charge on any atom is -0.357 e. The van der Waals surface area contributed by atoms with Crippen molar-refractivity contribution in [1.29, 1.82) is 0 Å². The molecule has 17 heavy (non-hydrogen) atoms. The molecule has 0 amide bonds. The lowest BCUT2D eigenvalue weighted by molar-refractivity contribution is 0.112. The molecule has 3 heteroatoms. The number of carbonyl (C=O) groups excluding carboxylic acids is 1. The van der Waals surface area contributed by atoms with Crippen LogP contribution < -0.4 is 4.90 Å². The van der Waals surface area contributed by atoms with Crippen molar-refractivity contribution in [3.05, 3.63) is 35.9 Å². The maximum absolute atomic E-state index is 11.1. The number of anilines is 1. The van der Waals surface area contributed by atoms with Gasteiger partial charge in [0.2, 0.25) is 0 Å². The average Bonchev–Trinajstić information content (AvgIpc) is 2.36. The van der Waals surface area contributed by atoms with Crippen molar-refractivity contribution in [2.75, 3.05) is 11.9 Å². The Bertz CT molecular complexity index is 549. The number of hydrogen-bond acceptors (Lipinski definition) is 3. The van der Waals surface area contributed by atoms with Crippen LogP contribution in [0.5, 0.6) is 0 Å². The first-order chi connectivity index (χ1) is 8.13. The molecule has 0 radical (unpaired) electrons. The number of fused-ring (bicyclic) bond motifs is 1. The summed E-state index contributed by atoms with van der Waals surface area (Å²) >= 11 is 0. The van der Waals surface area contributed by atoms with E-state index < -0.39 is 0 Å². The van der Waals surface area contributed by atoms with Crippen molar-refractivity contribution >= 4 is 23.0 Å². The van der Waals surface area contributed by atoms with Gasteiger partial charge in [0.15, 0.2) is 6.29 Å². The van der Waals surface area contributed by atoms with Gasteiger partial charge in [-0.1, -0.05) is 18.2 Å². The Kier molecular flexibility index (Phi) is 3.09. The summed E-state index contributed by atoms with van der Waals surface area (Å²) in [4.78, 5) is 17.7. The van der Waals surface area contributed by atoms with E-state index in [1.54, 1.807) is 0 Å². The number of aldehydes is 1. The largest absolute Gasteiger partial charge is 0.357 e. The molecule has 3 nitrogen and oxygen atoms in total. The van der Waals surface area contributed by atoms with Gasteiger partial charge < -0.3 is 4.90 Å². The molecule has 0 aliphatic rings. The average molecular weight is 228 g/mol. The van der Waals surface area contributed by atoms with Gasteiger partial charge >= 0.3 is 0 Å². The Hall–Kier alpha value is -1.90. The third kappa shape index (κ3) is 2.13. The number of carbonyl (C=O) groups is 1. The van der Waals surface area contributed by atoms with Crippen LogP contribution in [0.2, 0.25) is 0 Å². The molecule has 1 aromatic heterocycles. The molecule has 0 aliphatic heterocycles. The zero-order valence-electron chi connectivity index (χ0n) is 10.3. The van der Waals surface area contributed by atoms with Crippen molar-refractivity contribution in [2.24, 2.45) is 0 Å². The maximum Gasteiger partial charge on any atom is 0.153 e. The minimum absolute atomic E-state index is 0.308. The lowest BCUT2D eigenvalue weighted by Crippen LogP contribution is -2.27. The molecule has 0 aliphatic carbocycles. The SMILES string of the molecule is CC(C)N(C)c1nc2ccccc2cc1C=O. The van der Waals surface area contributed by atoms with Crippen LogP contribution in [0.15, 0.2) is 30.3 Å². The molecule has 1 aromatic carbocycles. The summed E-state index contributed by atoms with van der Waals surface area (Å²) in [7, 11) is 1.95.